The van der Waals surface area contributed by atoms with Crippen molar-refractivity contribution in [2.45, 2.75) is 46.6 Å². The van der Waals surface area contributed by atoms with E-state index in [2.05, 4.69) is 35.3 Å². The largest absolute Gasteiger partial charge is 0.495 e. The second-order valence-electron chi connectivity index (χ2n) is 10.5. The number of carbonyl (C=O) groups excluding carboxylic acids is 1. The molecule has 37 heavy (non-hydrogen) atoms. The van der Waals surface area contributed by atoms with Gasteiger partial charge in [-0.15, -0.1) is 0 Å². The summed E-state index contributed by atoms with van der Waals surface area (Å²) in [5.41, 5.74) is 4.85. The van der Waals surface area contributed by atoms with Crippen molar-refractivity contribution >= 4 is 28.3 Å². The Morgan fingerprint density at radius 3 is 2.57 bits per heavy atom. The number of rotatable bonds is 5. The molecule has 0 saturated carbocycles. The summed E-state index contributed by atoms with van der Waals surface area (Å²) >= 11 is 0. The number of benzene rings is 2. The van der Waals surface area contributed by atoms with Gasteiger partial charge in [-0.25, -0.2) is 9.97 Å². The molecule has 1 N–H and O–H groups in total. The number of methoxy groups -OCH3 is 1. The molecule has 1 spiro atoms. The number of fused-ring (bicyclic) bond motifs is 1. The van der Waals surface area contributed by atoms with Gasteiger partial charge >= 0.3 is 0 Å². The van der Waals surface area contributed by atoms with Gasteiger partial charge < -0.3 is 19.9 Å². The van der Waals surface area contributed by atoms with Crippen LogP contribution in [0.5, 0.6) is 5.75 Å². The molecule has 0 bridgehead atoms. The Kier molecular flexibility index (Phi) is 6.40. The number of anilines is 2. The van der Waals surface area contributed by atoms with Crippen LogP contribution in [0.4, 0.5) is 11.5 Å². The molecule has 1 amide bonds. The lowest BCUT2D eigenvalue weighted by molar-refractivity contribution is -0.142. The maximum atomic E-state index is 11.7. The van der Waals surface area contributed by atoms with E-state index in [0.29, 0.717) is 11.4 Å². The molecule has 8 nitrogen and oxygen atoms in total. The number of likely N-dealkylation sites (tertiary alicyclic amines) is 1. The summed E-state index contributed by atoms with van der Waals surface area (Å²) in [5, 5.41) is 14.0. The van der Waals surface area contributed by atoms with Gasteiger partial charge in [0.25, 0.3) is 0 Å². The van der Waals surface area contributed by atoms with E-state index in [4.69, 9.17) is 14.7 Å². The van der Waals surface area contributed by atoms with Crippen LogP contribution in [0, 0.1) is 30.6 Å². The average molecular weight is 499 g/mol. The number of amides is 1. The van der Waals surface area contributed by atoms with Crippen molar-refractivity contribution in [3.63, 3.8) is 0 Å². The standard InChI is InChI=1S/C29H34N6O2/c1-18-22(15-30)7-6-8-23(18)19(2)31-28-24-13-26(27(37-5)14-25(24)32-20(3)33-28)34-11-9-29(10-12-34)16-35(17-29)21(4)36/h6-8,13-14,19H,9-12,16-17H2,1-5H3,(H,31,32,33)/t19-/m1/s1. The van der Waals surface area contributed by atoms with E-state index in [1.807, 2.05) is 36.9 Å². The molecule has 0 radical (unpaired) electrons. The number of piperidine rings is 1. The van der Waals surface area contributed by atoms with E-state index in [1.54, 1.807) is 14.0 Å². The fourth-order valence-corrected chi connectivity index (χ4v) is 5.83. The Bertz CT molecular complexity index is 1400. The van der Waals surface area contributed by atoms with Crippen molar-refractivity contribution in [2.75, 3.05) is 43.5 Å². The van der Waals surface area contributed by atoms with Crippen molar-refractivity contribution in [3.05, 3.63) is 52.8 Å². The molecular formula is C29H34N6O2. The van der Waals surface area contributed by atoms with Crippen LogP contribution >= 0.6 is 0 Å². The van der Waals surface area contributed by atoms with E-state index in [1.165, 1.54) is 0 Å². The number of nitrogens with one attached hydrogen (secondary N) is 1. The average Bonchev–Trinajstić information content (AvgIpc) is 2.86. The Balaban J connectivity index is 1.45. The number of carbonyl (C=O) groups is 1. The van der Waals surface area contributed by atoms with Crippen molar-refractivity contribution in [1.82, 2.24) is 14.9 Å². The molecule has 0 unspecified atom stereocenters. The maximum absolute atomic E-state index is 11.7. The van der Waals surface area contributed by atoms with Gasteiger partial charge in [0.1, 0.15) is 17.4 Å². The molecular weight excluding hydrogens is 464 g/mol. The van der Waals surface area contributed by atoms with E-state index < -0.39 is 0 Å². The lowest BCUT2D eigenvalue weighted by Gasteiger charge is -2.54. The van der Waals surface area contributed by atoms with Crippen molar-refractivity contribution < 1.29 is 9.53 Å². The predicted molar refractivity (Wildman–Crippen MR) is 145 cm³/mol. The minimum atomic E-state index is -0.0472. The van der Waals surface area contributed by atoms with Crippen LogP contribution < -0.4 is 15.0 Å². The highest BCUT2D eigenvalue weighted by Crippen LogP contribution is 2.44. The molecule has 2 aromatic carbocycles. The number of aryl methyl sites for hydroxylation is 1. The summed E-state index contributed by atoms with van der Waals surface area (Å²) in [6, 6.07) is 12.2. The van der Waals surface area contributed by atoms with Crippen molar-refractivity contribution in [2.24, 2.45) is 5.41 Å². The summed E-state index contributed by atoms with van der Waals surface area (Å²) in [7, 11) is 1.70. The van der Waals surface area contributed by atoms with Gasteiger partial charge in [-0.05, 0) is 56.9 Å². The molecule has 2 fully saturated rings. The number of hydrogen-bond acceptors (Lipinski definition) is 7. The van der Waals surface area contributed by atoms with Gasteiger partial charge in [-0.3, -0.25) is 4.79 Å². The van der Waals surface area contributed by atoms with Gasteiger partial charge in [0, 0.05) is 50.0 Å². The number of ether oxygens (including phenoxy) is 1. The van der Waals surface area contributed by atoms with Crippen molar-refractivity contribution in [1.29, 1.82) is 5.26 Å². The second-order valence-corrected chi connectivity index (χ2v) is 10.5. The molecule has 192 valence electrons. The number of nitriles is 1. The Morgan fingerprint density at radius 2 is 1.92 bits per heavy atom. The first-order chi connectivity index (χ1) is 17.7. The summed E-state index contributed by atoms with van der Waals surface area (Å²) in [4.78, 5) is 25.5. The molecule has 5 rings (SSSR count). The molecule has 2 saturated heterocycles. The third-order valence-electron chi connectivity index (χ3n) is 8.09. The van der Waals surface area contributed by atoms with Crippen molar-refractivity contribution in [3.8, 4) is 11.8 Å². The van der Waals surface area contributed by atoms with Crippen LogP contribution in [-0.2, 0) is 4.79 Å². The molecule has 0 aliphatic carbocycles. The first kappa shape index (κ1) is 24.8. The molecule has 3 aromatic rings. The van der Waals surface area contributed by atoms with Crippen LogP contribution in [-0.4, -0.2) is 54.1 Å². The third kappa shape index (κ3) is 4.55. The van der Waals surface area contributed by atoms with Gasteiger partial charge in [-0.2, -0.15) is 5.26 Å². The Labute approximate surface area is 218 Å². The van der Waals surface area contributed by atoms with Gasteiger partial charge in [-0.1, -0.05) is 12.1 Å². The predicted octanol–water partition coefficient (Wildman–Crippen LogP) is 4.75. The highest BCUT2D eigenvalue weighted by atomic mass is 16.5. The van der Waals surface area contributed by atoms with Crippen LogP contribution in [0.25, 0.3) is 10.9 Å². The first-order valence-electron chi connectivity index (χ1n) is 12.9. The molecule has 1 aromatic heterocycles. The molecule has 2 aliphatic heterocycles. The number of nitrogens with zero attached hydrogens (tertiary/aromatic N) is 5. The zero-order chi connectivity index (χ0) is 26.3. The second kappa shape index (κ2) is 9.55. The van der Waals surface area contributed by atoms with E-state index in [-0.39, 0.29) is 17.4 Å². The highest BCUT2D eigenvalue weighted by Gasteiger charge is 2.46. The minimum absolute atomic E-state index is 0.0472. The lowest BCUT2D eigenvalue weighted by Crippen LogP contribution is -2.61. The maximum Gasteiger partial charge on any atom is 0.219 e. The topological polar surface area (TPSA) is 94.4 Å². The SMILES string of the molecule is COc1cc2nc(C)nc(N[C@H](C)c3cccc(C#N)c3C)c2cc1N1CCC2(CC1)CN(C(C)=O)C2. The summed E-state index contributed by atoms with van der Waals surface area (Å²) in [6.45, 7) is 11.2. The Hall–Kier alpha value is -3.86. The van der Waals surface area contributed by atoms with E-state index >= 15 is 0 Å². The van der Waals surface area contributed by atoms with Crippen LogP contribution in [0.3, 0.4) is 0 Å². The summed E-state index contributed by atoms with van der Waals surface area (Å²) in [6.07, 6.45) is 2.11. The molecule has 1 atom stereocenters. The van der Waals surface area contributed by atoms with Crippen LogP contribution in [0.2, 0.25) is 0 Å². The summed E-state index contributed by atoms with van der Waals surface area (Å²) in [5.74, 6) is 2.42. The zero-order valence-corrected chi connectivity index (χ0v) is 22.3. The van der Waals surface area contributed by atoms with Gasteiger partial charge in [0.05, 0.1) is 36.0 Å². The van der Waals surface area contributed by atoms with E-state index in [9.17, 15) is 10.1 Å². The fraction of sp³-hybridized carbons (Fsp3) is 0.448. The Morgan fingerprint density at radius 1 is 1.19 bits per heavy atom. The van der Waals surface area contributed by atoms with E-state index in [0.717, 1.165) is 78.3 Å². The molecule has 8 heteroatoms. The normalized spacial score (nSPS) is 17.3. The number of hydrogen-bond donors (Lipinski definition) is 1. The first-order valence-corrected chi connectivity index (χ1v) is 12.9. The van der Waals surface area contributed by atoms with Crippen LogP contribution in [0.1, 0.15) is 55.2 Å². The lowest BCUT2D eigenvalue weighted by atomic mass is 9.72. The highest BCUT2D eigenvalue weighted by molar-refractivity contribution is 5.94. The summed E-state index contributed by atoms with van der Waals surface area (Å²) < 4.78 is 5.81. The van der Waals surface area contributed by atoms with Gasteiger partial charge in [0.15, 0.2) is 0 Å². The number of aromatic nitrogens is 2. The minimum Gasteiger partial charge on any atom is -0.495 e. The smallest absolute Gasteiger partial charge is 0.219 e. The quantitative estimate of drug-likeness (QED) is 0.542. The monoisotopic (exact) mass is 498 g/mol. The molecule has 3 heterocycles. The van der Waals surface area contributed by atoms with Crippen LogP contribution in [0.15, 0.2) is 30.3 Å². The third-order valence-corrected chi connectivity index (χ3v) is 8.09. The molecule has 2 aliphatic rings. The fourth-order valence-electron chi connectivity index (χ4n) is 5.83. The zero-order valence-electron chi connectivity index (χ0n) is 22.3. The van der Waals surface area contributed by atoms with Gasteiger partial charge in [0.2, 0.25) is 5.91 Å².